The van der Waals surface area contributed by atoms with Crippen molar-refractivity contribution in [1.29, 1.82) is 0 Å². The van der Waals surface area contributed by atoms with Crippen LogP contribution >= 0.6 is 39.1 Å². The van der Waals surface area contributed by atoms with Crippen molar-refractivity contribution in [3.05, 3.63) is 57.0 Å². The Kier molecular flexibility index (Phi) is 3.93. The standard InChI is InChI=1S/C15H9BrCl2N2O/c16-11-7-9(4-5-12(11)18)14-13(15(19)21-20-14)8-2-1-3-10(17)6-8/h1-7H,19H2. The summed E-state index contributed by atoms with van der Waals surface area (Å²) in [5, 5.41) is 5.30. The Morgan fingerprint density at radius 2 is 1.86 bits per heavy atom. The Morgan fingerprint density at radius 1 is 1.05 bits per heavy atom. The molecule has 0 bridgehead atoms. The fourth-order valence-electron chi connectivity index (χ4n) is 2.07. The Hall–Kier alpha value is -1.49. The number of nitrogens with zero attached hydrogens (tertiary/aromatic N) is 1. The molecule has 0 saturated heterocycles. The van der Waals surface area contributed by atoms with Gasteiger partial charge < -0.3 is 10.3 Å². The van der Waals surface area contributed by atoms with Gasteiger partial charge in [-0.2, -0.15) is 0 Å². The first kappa shape index (κ1) is 14.4. The van der Waals surface area contributed by atoms with Gasteiger partial charge in [0.05, 0.1) is 10.6 Å². The van der Waals surface area contributed by atoms with Crippen molar-refractivity contribution in [3.63, 3.8) is 0 Å². The zero-order valence-corrected chi connectivity index (χ0v) is 13.7. The average Bonchev–Trinajstić information content (AvgIpc) is 2.84. The first-order valence-corrected chi connectivity index (χ1v) is 7.57. The summed E-state index contributed by atoms with van der Waals surface area (Å²) in [4.78, 5) is 0. The summed E-state index contributed by atoms with van der Waals surface area (Å²) < 4.78 is 5.93. The lowest BCUT2D eigenvalue weighted by atomic mass is 10.0. The molecule has 0 spiro atoms. The summed E-state index contributed by atoms with van der Waals surface area (Å²) in [6, 6.07) is 12.9. The smallest absolute Gasteiger partial charge is 0.230 e. The second-order valence-electron chi connectivity index (χ2n) is 4.41. The number of benzene rings is 2. The van der Waals surface area contributed by atoms with Gasteiger partial charge in [0.25, 0.3) is 0 Å². The van der Waals surface area contributed by atoms with E-state index in [1.165, 1.54) is 0 Å². The Labute approximate surface area is 139 Å². The van der Waals surface area contributed by atoms with Crippen LogP contribution in [0.3, 0.4) is 0 Å². The van der Waals surface area contributed by atoms with Gasteiger partial charge in [-0.05, 0) is 45.8 Å². The van der Waals surface area contributed by atoms with Crippen molar-refractivity contribution >= 4 is 45.0 Å². The molecule has 2 N–H and O–H groups in total. The SMILES string of the molecule is Nc1onc(-c2ccc(Cl)c(Br)c2)c1-c1cccc(Cl)c1. The number of nitrogen functional groups attached to an aromatic ring is 1. The van der Waals surface area contributed by atoms with Crippen molar-refractivity contribution in [3.8, 4) is 22.4 Å². The largest absolute Gasteiger partial charge is 0.367 e. The highest BCUT2D eigenvalue weighted by atomic mass is 79.9. The first-order valence-electron chi connectivity index (χ1n) is 6.03. The molecular weight excluding hydrogens is 375 g/mol. The lowest BCUT2D eigenvalue weighted by Gasteiger charge is -2.04. The lowest BCUT2D eigenvalue weighted by Crippen LogP contribution is -1.88. The van der Waals surface area contributed by atoms with Crippen LogP contribution < -0.4 is 5.73 Å². The van der Waals surface area contributed by atoms with E-state index in [1.807, 2.05) is 30.3 Å². The van der Waals surface area contributed by atoms with E-state index < -0.39 is 0 Å². The van der Waals surface area contributed by atoms with Crippen molar-refractivity contribution < 1.29 is 4.52 Å². The topological polar surface area (TPSA) is 52.0 Å². The minimum Gasteiger partial charge on any atom is -0.367 e. The number of nitrogens with two attached hydrogens (primary N) is 1. The number of anilines is 1. The van der Waals surface area contributed by atoms with E-state index in [1.54, 1.807) is 12.1 Å². The van der Waals surface area contributed by atoms with E-state index in [0.717, 1.165) is 15.6 Å². The third-order valence-electron chi connectivity index (χ3n) is 3.02. The van der Waals surface area contributed by atoms with Gasteiger partial charge in [0, 0.05) is 15.1 Å². The molecule has 1 aromatic heterocycles. The summed E-state index contributed by atoms with van der Waals surface area (Å²) in [5.74, 6) is 0.248. The molecule has 3 rings (SSSR count). The normalized spacial score (nSPS) is 10.8. The van der Waals surface area contributed by atoms with Gasteiger partial charge in [0.1, 0.15) is 5.69 Å². The number of hydrogen-bond acceptors (Lipinski definition) is 3. The van der Waals surface area contributed by atoms with Crippen molar-refractivity contribution in [1.82, 2.24) is 5.16 Å². The predicted molar refractivity (Wildman–Crippen MR) is 89.5 cm³/mol. The monoisotopic (exact) mass is 382 g/mol. The van der Waals surface area contributed by atoms with Crippen LogP contribution in [0.25, 0.3) is 22.4 Å². The maximum Gasteiger partial charge on any atom is 0.230 e. The molecular formula is C15H9BrCl2N2O. The van der Waals surface area contributed by atoms with Gasteiger partial charge in [0.2, 0.25) is 5.88 Å². The second kappa shape index (κ2) is 5.72. The van der Waals surface area contributed by atoms with Crippen LogP contribution in [0.15, 0.2) is 51.5 Å². The summed E-state index contributed by atoms with van der Waals surface area (Å²) in [6.45, 7) is 0. The fourth-order valence-corrected chi connectivity index (χ4v) is 2.75. The van der Waals surface area contributed by atoms with E-state index in [4.69, 9.17) is 33.5 Å². The summed E-state index contributed by atoms with van der Waals surface area (Å²) in [6.07, 6.45) is 0. The second-order valence-corrected chi connectivity index (χ2v) is 6.11. The van der Waals surface area contributed by atoms with Crippen molar-refractivity contribution in [2.24, 2.45) is 0 Å². The Morgan fingerprint density at radius 3 is 2.57 bits per heavy atom. The molecule has 1 heterocycles. The molecule has 106 valence electrons. The van der Waals surface area contributed by atoms with Gasteiger partial charge in [-0.25, -0.2) is 0 Å². The van der Waals surface area contributed by atoms with Crippen LogP contribution in [0, 0.1) is 0 Å². The Balaban J connectivity index is 2.19. The maximum absolute atomic E-state index is 6.04. The average molecular weight is 384 g/mol. The minimum absolute atomic E-state index is 0.248. The van der Waals surface area contributed by atoms with E-state index >= 15 is 0 Å². The molecule has 0 atom stereocenters. The molecule has 21 heavy (non-hydrogen) atoms. The molecule has 2 aromatic carbocycles. The van der Waals surface area contributed by atoms with Gasteiger partial charge in [0.15, 0.2) is 0 Å². The summed E-state index contributed by atoms with van der Waals surface area (Å²) >= 11 is 15.5. The quantitative estimate of drug-likeness (QED) is 0.621. The maximum atomic E-state index is 6.04. The summed E-state index contributed by atoms with van der Waals surface area (Å²) in [5.41, 5.74) is 8.98. The van der Waals surface area contributed by atoms with E-state index in [-0.39, 0.29) is 5.88 Å². The zero-order chi connectivity index (χ0) is 15.0. The zero-order valence-electron chi connectivity index (χ0n) is 10.6. The molecule has 0 aliphatic rings. The molecule has 0 aliphatic heterocycles. The van der Waals surface area contributed by atoms with Gasteiger partial charge in [-0.3, -0.25) is 0 Å². The van der Waals surface area contributed by atoms with Gasteiger partial charge in [-0.15, -0.1) is 0 Å². The van der Waals surface area contributed by atoms with Crippen molar-refractivity contribution in [2.45, 2.75) is 0 Å². The number of hydrogen-bond donors (Lipinski definition) is 1. The molecule has 3 nitrogen and oxygen atoms in total. The molecule has 6 heteroatoms. The lowest BCUT2D eigenvalue weighted by molar-refractivity contribution is 0.439. The molecule has 0 radical (unpaired) electrons. The number of rotatable bonds is 2. The highest BCUT2D eigenvalue weighted by Gasteiger charge is 2.18. The molecule has 0 saturated carbocycles. The third-order valence-corrected chi connectivity index (χ3v) is 4.47. The fraction of sp³-hybridized carbons (Fsp3) is 0. The van der Waals surface area contributed by atoms with Gasteiger partial charge in [-0.1, -0.05) is 46.6 Å². The van der Waals surface area contributed by atoms with Gasteiger partial charge >= 0.3 is 0 Å². The molecule has 0 unspecified atom stereocenters. The highest BCUT2D eigenvalue weighted by Crippen LogP contribution is 2.38. The van der Waals surface area contributed by atoms with Crippen LogP contribution in [0.2, 0.25) is 10.0 Å². The van der Waals surface area contributed by atoms with E-state index in [9.17, 15) is 0 Å². The third kappa shape index (κ3) is 2.79. The summed E-state index contributed by atoms with van der Waals surface area (Å²) in [7, 11) is 0. The minimum atomic E-state index is 0.248. The predicted octanol–water partition coefficient (Wildman–Crippen LogP) is 5.66. The molecule has 3 aromatic rings. The first-order chi connectivity index (χ1) is 10.1. The van der Waals surface area contributed by atoms with Crippen LogP contribution in [0.4, 0.5) is 5.88 Å². The van der Waals surface area contributed by atoms with Crippen LogP contribution in [0.1, 0.15) is 0 Å². The Bertz CT molecular complexity index is 817. The molecule has 0 aliphatic carbocycles. The van der Waals surface area contributed by atoms with Crippen molar-refractivity contribution in [2.75, 3.05) is 5.73 Å². The van der Waals surface area contributed by atoms with Crippen LogP contribution in [-0.2, 0) is 0 Å². The molecule has 0 amide bonds. The van der Waals surface area contributed by atoms with Crippen LogP contribution in [-0.4, -0.2) is 5.16 Å². The highest BCUT2D eigenvalue weighted by molar-refractivity contribution is 9.10. The van der Waals surface area contributed by atoms with E-state index in [0.29, 0.717) is 21.3 Å². The number of aromatic nitrogens is 1. The number of halogens is 3. The molecule has 0 fully saturated rings. The van der Waals surface area contributed by atoms with Crippen LogP contribution in [0.5, 0.6) is 0 Å². The van der Waals surface area contributed by atoms with E-state index in [2.05, 4.69) is 21.1 Å².